The van der Waals surface area contributed by atoms with Crippen molar-refractivity contribution in [1.29, 1.82) is 0 Å². The molecule has 1 aliphatic carbocycles. The maximum atomic E-state index is 14.0. The number of imidazole rings is 1. The first-order chi connectivity index (χ1) is 26.0. The number of nitrogens with one attached hydrogen (secondary N) is 3. The second kappa shape index (κ2) is 15.7. The number of H-pyrrole nitrogens is 1. The molecule has 0 spiro atoms. The number of piperidine rings is 1. The first-order valence-electron chi connectivity index (χ1n) is 19.6. The van der Waals surface area contributed by atoms with E-state index in [2.05, 4.69) is 65.9 Å². The van der Waals surface area contributed by atoms with Gasteiger partial charge in [-0.05, 0) is 91.2 Å². The predicted molar refractivity (Wildman–Crippen MR) is 209 cm³/mol. The van der Waals surface area contributed by atoms with Crippen LogP contribution in [0.2, 0.25) is 0 Å². The number of fused-ring (bicyclic) bond motifs is 3. The average molecular weight is 738 g/mol. The molecule has 12 heteroatoms. The first kappa shape index (κ1) is 37.8. The number of nitrogens with zero attached hydrogens (tertiary/aromatic N) is 4. The van der Waals surface area contributed by atoms with Gasteiger partial charge >= 0.3 is 6.09 Å². The predicted octanol–water partition coefficient (Wildman–Crippen LogP) is 6.45. The summed E-state index contributed by atoms with van der Waals surface area (Å²) < 4.78 is 10.2. The second-order valence-electron chi connectivity index (χ2n) is 16.1. The Hall–Kier alpha value is -4.55. The molecule has 1 aromatic heterocycles. The van der Waals surface area contributed by atoms with E-state index in [9.17, 15) is 14.4 Å². The molecule has 3 fully saturated rings. The SMILES string of the molecule is COC(=O)N[C@H](C(=O)N1C2CCC(C2)C1C1=NC=C(c2ccc(-c3ccc4nc([C@@H]5CCCN5C(=O)[C@@H](NC(C)OC)C(C)C)[nH]c4c3)cc2)C1)C(C)C. The zero-order valence-corrected chi connectivity index (χ0v) is 32.6. The minimum atomic E-state index is -0.647. The van der Waals surface area contributed by atoms with Gasteiger partial charge < -0.3 is 29.6 Å². The van der Waals surface area contributed by atoms with Crippen molar-refractivity contribution < 1.29 is 23.9 Å². The van der Waals surface area contributed by atoms with Crippen molar-refractivity contribution in [3.05, 3.63) is 60.1 Å². The van der Waals surface area contributed by atoms with E-state index in [4.69, 9.17) is 19.5 Å². The van der Waals surface area contributed by atoms with Crippen LogP contribution < -0.4 is 10.6 Å². The summed E-state index contributed by atoms with van der Waals surface area (Å²) >= 11 is 0. The Labute approximate surface area is 318 Å². The number of allylic oxidation sites excluding steroid dienone is 1. The number of carbonyl (C=O) groups excluding carboxylic acids is 3. The number of methoxy groups -OCH3 is 2. The number of hydrogen-bond donors (Lipinski definition) is 3. The van der Waals surface area contributed by atoms with Crippen molar-refractivity contribution in [3.8, 4) is 11.1 Å². The third-order valence-corrected chi connectivity index (χ3v) is 12.0. The van der Waals surface area contributed by atoms with E-state index in [0.29, 0.717) is 18.9 Å². The van der Waals surface area contributed by atoms with E-state index < -0.39 is 12.1 Å². The van der Waals surface area contributed by atoms with Gasteiger partial charge in [0.15, 0.2) is 0 Å². The Morgan fingerprint density at radius 3 is 2.31 bits per heavy atom. The molecule has 3 N–H and O–H groups in total. The van der Waals surface area contributed by atoms with E-state index >= 15 is 0 Å². The number of likely N-dealkylation sites (tertiary alicyclic amines) is 2. The quantitative estimate of drug-likeness (QED) is 0.182. The van der Waals surface area contributed by atoms with Crippen LogP contribution in [0.3, 0.4) is 0 Å². The highest BCUT2D eigenvalue weighted by Crippen LogP contribution is 2.45. The number of amides is 3. The van der Waals surface area contributed by atoms with E-state index in [1.807, 2.05) is 42.8 Å². The fraction of sp³-hybridized carbons (Fsp3) is 0.548. The fourth-order valence-corrected chi connectivity index (χ4v) is 9.01. The Kier molecular flexibility index (Phi) is 11.0. The maximum absolute atomic E-state index is 14.0. The molecule has 4 unspecified atom stereocenters. The lowest BCUT2D eigenvalue weighted by Crippen LogP contribution is -2.57. The van der Waals surface area contributed by atoms with Crippen LogP contribution in [0.25, 0.3) is 27.7 Å². The molecule has 2 bridgehead atoms. The van der Waals surface area contributed by atoms with Crippen LogP contribution >= 0.6 is 0 Å². The summed E-state index contributed by atoms with van der Waals surface area (Å²) in [6.07, 6.45) is 6.69. The molecule has 12 nitrogen and oxygen atoms in total. The highest BCUT2D eigenvalue weighted by atomic mass is 16.5. The van der Waals surface area contributed by atoms with Gasteiger partial charge in [0.25, 0.3) is 0 Å². The number of ether oxygens (including phenoxy) is 2. The van der Waals surface area contributed by atoms with Crippen molar-refractivity contribution in [2.45, 2.75) is 110 Å². The van der Waals surface area contributed by atoms with Gasteiger partial charge in [-0.15, -0.1) is 0 Å². The van der Waals surface area contributed by atoms with E-state index in [1.54, 1.807) is 7.11 Å². The number of carbonyl (C=O) groups is 3. The summed E-state index contributed by atoms with van der Waals surface area (Å²) in [7, 11) is 2.96. The van der Waals surface area contributed by atoms with E-state index in [-0.39, 0.29) is 54.0 Å². The minimum Gasteiger partial charge on any atom is -0.453 e. The topological polar surface area (TPSA) is 141 Å². The molecule has 1 saturated carbocycles. The minimum absolute atomic E-state index is 0.0480. The van der Waals surface area contributed by atoms with E-state index in [1.165, 1.54) is 7.11 Å². The number of alkyl carbamates (subject to hydrolysis) is 1. The molecule has 3 amide bonds. The summed E-state index contributed by atoms with van der Waals surface area (Å²) in [5.41, 5.74) is 7.27. The number of benzene rings is 2. The molecular formula is C42H55N7O5. The van der Waals surface area contributed by atoms with Gasteiger partial charge in [-0.3, -0.25) is 19.9 Å². The van der Waals surface area contributed by atoms with Crippen LogP contribution in [0, 0.1) is 17.8 Å². The summed E-state index contributed by atoms with van der Waals surface area (Å²) in [5.74, 6) is 1.28. The molecule has 7 atom stereocenters. The van der Waals surface area contributed by atoms with Crippen LogP contribution in [0.1, 0.15) is 90.6 Å². The largest absolute Gasteiger partial charge is 0.453 e. The average Bonchev–Trinajstić information content (AvgIpc) is 4.02. The van der Waals surface area contributed by atoms with Gasteiger partial charge in [0.05, 0.1) is 36.3 Å². The van der Waals surface area contributed by atoms with Crippen LogP contribution in [0.15, 0.2) is 53.7 Å². The zero-order valence-electron chi connectivity index (χ0n) is 32.6. The molecule has 2 saturated heterocycles. The molecule has 54 heavy (non-hydrogen) atoms. The van der Waals surface area contributed by atoms with Crippen LogP contribution in [-0.4, -0.2) is 94.5 Å². The van der Waals surface area contributed by atoms with Crippen LogP contribution in [0.4, 0.5) is 4.79 Å². The highest BCUT2D eigenvalue weighted by Gasteiger charge is 2.52. The highest BCUT2D eigenvalue weighted by molar-refractivity contribution is 6.04. The van der Waals surface area contributed by atoms with Crippen LogP contribution in [-0.2, 0) is 19.1 Å². The number of aliphatic imine (C=N–C) groups is 1. The van der Waals surface area contributed by atoms with Crippen molar-refractivity contribution in [2.75, 3.05) is 20.8 Å². The summed E-state index contributed by atoms with van der Waals surface area (Å²) in [4.78, 5) is 57.2. The third-order valence-electron chi connectivity index (χ3n) is 12.0. The van der Waals surface area contributed by atoms with Crippen molar-refractivity contribution in [2.24, 2.45) is 22.7 Å². The van der Waals surface area contributed by atoms with Gasteiger partial charge in [0.1, 0.15) is 18.1 Å². The molecule has 0 radical (unpaired) electrons. The van der Waals surface area contributed by atoms with Gasteiger partial charge in [0.2, 0.25) is 11.8 Å². The second-order valence-corrected chi connectivity index (χ2v) is 16.1. The molecule has 3 aromatic rings. The monoisotopic (exact) mass is 737 g/mol. The fourth-order valence-electron chi connectivity index (χ4n) is 9.01. The molecule has 3 aliphatic heterocycles. The Morgan fingerprint density at radius 1 is 0.889 bits per heavy atom. The Bertz CT molecular complexity index is 1930. The summed E-state index contributed by atoms with van der Waals surface area (Å²) in [6.45, 7) is 10.6. The number of aromatic amines is 1. The van der Waals surface area contributed by atoms with Crippen LogP contribution in [0.5, 0.6) is 0 Å². The van der Waals surface area contributed by atoms with Gasteiger partial charge in [-0.2, -0.15) is 0 Å². The Balaban J connectivity index is 1.03. The molecule has 288 valence electrons. The zero-order chi connectivity index (χ0) is 38.3. The standard InChI is InChI=1S/C42H55N7O5/c1-23(2)36(44-25(5)53-6)40(50)48-18-8-9-35(48)39-45-32-17-15-28(20-33(32)46-39)26-10-12-27(13-11-26)30-21-34(43-22-30)38-29-14-16-31(19-29)49(38)41(51)37(24(3)4)47-42(52)54-7/h10-13,15,17,20,22-25,29,31,35-38,44H,8-9,14,16,18-19,21H2,1-7H3,(H,45,46)(H,47,52)/t25?,29?,31?,35-,36-,37-,38?/m0/s1. The molecule has 4 aliphatic rings. The molecular weight excluding hydrogens is 683 g/mol. The van der Waals surface area contributed by atoms with Crippen molar-refractivity contribution in [1.82, 2.24) is 30.4 Å². The Morgan fingerprint density at radius 2 is 1.61 bits per heavy atom. The summed E-state index contributed by atoms with van der Waals surface area (Å²) in [6, 6.07) is 13.9. The summed E-state index contributed by atoms with van der Waals surface area (Å²) in [5, 5.41) is 6.12. The number of aromatic nitrogens is 2. The molecule has 2 aromatic carbocycles. The first-order valence-corrected chi connectivity index (χ1v) is 19.6. The lowest BCUT2D eigenvalue weighted by Gasteiger charge is -2.38. The van der Waals surface area contributed by atoms with Gasteiger partial charge in [-0.25, -0.2) is 9.78 Å². The van der Waals surface area contributed by atoms with E-state index in [0.717, 1.165) is 76.9 Å². The molecule has 7 rings (SSSR count). The normalized spacial score (nSPS) is 23.9. The smallest absolute Gasteiger partial charge is 0.407 e. The number of rotatable bonds is 12. The van der Waals surface area contributed by atoms with Crippen molar-refractivity contribution in [3.63, 3.8) is 0 Å². The van der Waals surface area contributed by atoms with Gasteiger partial charge in [0, 0.05) is 38.0 Å². The number of hydrogen-bond acceptors (Lipinski definition) is 8. The van der Waals surface area contributed by atoms with Crippen molar-refractivity contribution >= 4 is 40.2 Å². The van der Waals surface area contributed by atoms with Gasteiger partial charge in [-0.1, -0.05) is 58.0 Å². The lowest BCUT2D eigenvalue weighted by atomic mass is 9.89. The molecule has 4 heterocycles. The lowest BCUT2D eigenvalue weighted by molar-refractivity contribution is -0.137. The maximum Gasteiger partial charge on any atom is 0.407 e. The third kappa shape index (κ3) is 7.30.